The fourth-order valence-corrected chi connectivity index (χ4v) is 1.73. The van der Waals surface area contributed by atoms with Gasteiger partial charge in [-0.25, -0.2) is 0 Å². The van der Waals surface area contributed by atoms with Gasteiger partial charge in [-0.05, 0) is 31.5 Å². The van der Waals surface area contributed by atoms with Gasteiger partial charge in [0.15, 0.2) is 0 Å². The topological polar surface area (TPSA) is 40.7 Å². The molecule has 84 valence electrons. The van der Waals surface area contributed by atoms with E-state index < -0.39 is 0 Å². The van der Waals surface area contributed by atoms with Gasteiger partial charge in [-0.15, -0.1) is 0 Å². The van der Waals surface area contributed by atoms with Gasteiger partial charge in [0.1, 0.15) is 0 Å². The van der Waals surface area contributed by atoms with Crippen LogP contribution in [-0.4, -0.2) is 10.2 Å². The molecule has 0 spiro atoms. The maximum Gasteiger partial charge on any atom is 0.0825 e. The average molecular weight is 236 g/mol. The molecule has 0 saturated heterocycles. The molecule has 1 heterocycles. The van der Waals surface area contributed by atoms with Crippen molar-refractivity contribution < 1.29 is 0 Å². The minimum atomic E-state index is 0.763. The van der Waals surface area contributed by atoms with Crippen molar-refractivity contribution in [1.82, 2.24) is 10.2 Å². The number of nitrogens with one attached hydrogen (secondary N) is 2. The number of aromatic nitrogens is 2. The van der Waals surface area contributed by atoms with Gasteiger partial charge in [0.05, 0.1) is 17.1 Å². The van der Waals surface area contributed by atoms with Crippen molar-refractivity contribution in [3.8, 4) is 0 Å². The van der Waals surface area contributed by atoms with Crippen LogP contribution in [-0.2, 0) is 6.54 Å². The zero-order valence-corrected chi connectivity index (χ0v) is 10.1. The number of halogens is 1. The number of rotatable bonds is 3. The molecule has 0 unspecified atom stereocenters. The van der Waals surface area contributed by atoms with Crippen LogP contribution in [0.3, 0.4) is 0 Å². The maximum absolute atomic E-state index is 5.83. The molecule has 3 nitrogen and oxygen atoms in total. The molecule has 0 aliphatic heterocycles. The van der Waals surface area contributed by atoms with E-state index in [1.54, 1.807) is 0 Å². The Kier molecular flexibility index (Phi) is 3.15. The number of anilines is 1. The van der Waals surface area contributed by atoms with Crippen LogP contribution in [0, 0.1) is 13.8 Å². The van der Waals surface area contributed by atoms with E-state index in [-0.39, 0.29) is 0 Å². The van der Waals surface area contributed by atoms with E-state index in [1.807, 2.05) is 38.1 Å². The summed E-state index contributed by atoms with van der Waals surface area (Å²) in [7, 11) is 0. The quantitative estimate of drug-likeness (QED) is 0.857. The van der Waals surface area contributed by atoms with E-state index in [9.17, 15) is 0 Å². The Bertz CT molecular complexity index is 454. The molecule has 0 saturated carbocycles. The fourth-order valence-electron chi connectivity index (χ4n) is 1.60. The molecular formula is C12H14ClN3. The van der Waals surface area contributed by atoms with Crippen LogP contribution in [0.1, 0.15) is 17.0 Å². The maximum atomic E-state index is 5.83. The largest absolute Gasteiger partial charge is 0.378 e. The molecule has 1 aromatic heterocycles. The summed E-state index contributed by atoms with van der Waals surface area (Å²) in [6, 6.07) is 7.82. The van der Waals surface area contributed by atoms with Crippen LogP contribution in [0.4, 0.5) is 5.69 Å². The van der Waals surface area contributed by atoms with E-state index in [0.717, 1.165) is 28.6 Å². The minimum absolute atomic E-state index is 0.763. The molecule has 0 aliphatic carbocycles. The van der Waals surface area contributed by atoms with Gasteiger partial charge >= 0.3 is 0 Å². The first kappa shape index (κ1) is 11.0. The smallest absolute Gasteiger partial charge is 0.0825 e. The van der Waals surface area contributed by atoms with Crippen LogP contribution in [0.15, 0.2) is 24.3 Å². The molecule has 1 aromatic carbocycles. The highest BCUT2D eigenvalue weighted by Crippen LogP contribution is 2.17. The summed E-state index contributed by atoms with van der Waals surface area (Å²) in [4.78, 5) is 0. The molecule has 0 radical (unpaired) electrons. The standard InChI is InChI=1S/C12H14ClN3/c1-8-12(9(2)16-15-8)14-7-10-3-5-11(13)6-4-10/h3-6,14H,7H2,1-2H3,(H,15,16). The molecule has 0 amide bonds. The van der Waals surface area contributed by atoms with Gasteiger partial charge in [-0.1, -0.05) is 23.7 Å². The molecule has 0 bridgehead atoms. The van der Waals surface area contributed by atoms with Gasteiger partial charge in [-0.2, -0.15) is 5.10 Å². The number of H-pyrrole nitrogens is 1. The monoisotopic (exact) mass is 235 g/mol. The Balaban J connectivity index is 2.05. The summed E-state index contributed by atoms with van der Waals surface area (Å²) < 4.78 is 0. The third-order valence-corrected chi connectivity index (χ3v) is 2.76. The van der Waals surface area contributed by atoms with Crippen molar-refractivity contribution in [2.45, 2.75) is 20.4 Å². The van der Waals surface area contributed by atoms with E-state index in [0.29, 0.717) is 0 Å². The predicted molar refractivity (Wildman–Crippen MR) is 66.8 cm³/mol. The average Bonchev–Trinajstić information content (AvgIpc) is 2.59. The molecule has 2 N–H and O–H groups in total. The van der Waals surface area contributed by atoms with Gasteiger partial charge in [0.2, 0.25) is 0 Å². The van der Waals surface area contributed by atoms with Crippen LogP contribution in [0.2, 0.25) is 5.02 Å². The summed E-state index contributed by atoms with van der Waals surface area (Å²) >= 11 is 5.83. The Labute approximate surface area is 99.8 Å². The van der Waals surface area contributed by atoms with Crippen molar-refractivity contribution in [1.29, 1.82) is 0 Å². The summed E-state index contributed by atoms with van der Waals surface area (Å²) in [5.74, 6) is 0. The predicted octanol–water partition coefficient (Wildman–Crippen LogP) is 3.29. The van der Waals surface area contributed by atoms with Crippen molar-refractivity contribution in [3.05, 3.63) is 46.2 Å². The van der Waals surface area contributed by atoms with Gasteiger partial charge in [0, 0.05) is 11.6 Å². The Morgan fingerprint density at radius 1 is 1.25 bits per heavy atom. The van der Waals surface area contributed by atoms with E-state index in [1.165, 1.54) is 5.56 Å². The third kappa shape index (κ3) is 2.36. The molecule has 0 fully saturated rings. The second-order valence-electron chi connectivity index (χ2n) is 3.79. The van der Waals surface area contributed by atoms with Crippen molar-refractivity contribution in [2.75, 3.05) is 5.32 Å². The third-order valence-electron chi connectivity index (χ3n) is 2.51. The van der Waals surface area contributed by atoms with Crippen molar-refractivity contribution >= 4 is 17.3 Å². The number of aryl methyl sites for hydroxylation is 2. The molecule has 2 rings (SSSR count). The Hall–Kier alpha value is -1.48. The summed E-state index contributed by atoms with van der Waals surface area (Å²) in [5, 5.41) is 11.2. The second kappa shape index (κ2) is 4.58. The highest BCUT2D eigenvalue weighted by molar-refractivity contribution is 6.30. The first-order chi connectivity index (χ1) is 7.66. The van der Waals surface area contributed by atoms with E-state index in [2.05, 4.69) is 15.5 Å². The van der Waals surface area contributed by atoms with Crippen LogP contribution < -0.4 is 5.32 Å². The summed E-state index contributed by atoms with van der Waals surface area (Å²) in [6.45, 7) is 4.76. The highest BCUT2D eigenvalue weighted by atomic mass is 35.5. The zero-order valence-electron chi connectivity index (χ0n) is 9.34. The van der Waals surface area contributed by atoms with Crippen LogP contribution in [0.5, 0.6) is 0 Å². The van der Waals surface area contributed by atoms with E-state index in [4.69, 9.17) is 11.6 Å². The van der Waals surface area contributed by atoms with Gasteiger partial charge in [-0.3, -0.25) is 5.10 Å². The summed E-state index contributed by atoms with van der Waals surface area (Å²) in [5.41, 5.74) is 4.33. The van der Waals surface area contributed by atoms with Crippen LogP contribution >= 0.6 is 11.6 Å². The molecule has 16 heavy (non-hydrogen) atoms. The van der Waals surface area contributed by atoms with Gasteiger partial charge < -0.3 is 5.32 Å². The van der Waals surface area contributed by atoms with Crippen LogP contribution in [0.25, 0.3) is 0 Å². The lowest BCUT2D eigenvalue weighted by Crippen LogP contribution is -2.00. The number of hydrogen-bond acceptors (Lipinski definition) is 2. The molecular weight excluding hydrogens is 222 g/mol. The highest BCUT2D eigenvalue weighted by Gasteiger charge is 2.04. The lowest BCUT2D eigenvalue weighted by molar-refractivity contribution is 1.02. The number of hydrogen-bond donors (Lipinski definition) is 2. The number of benzene rings is 1. The SMILES string of the molecule is Cc1n[nH]c(C)c1NCc1ccc(Cl)cc1. The second-order valence-corrected chi connectivity index (χ2v) is 4.23. The number of aromatic amines is 1. The van der Waals surface area contributed by atoms with E-state index >= 15 is 0 Å². The molecule has 4 heteroatoms. The van der Waals surface area contributed by atoms with Crippen molar-refractivity contribution in [2.24, 2.45) is 0 Å². The normalized spacial score (nSPS) is 10.4. The molecule has 0 atom stereocenters. The zero-order chi connectivity index (χ0) is 11.5. The first-order valence-corrected chi connectivity index (χ1v) is 5.54. The molecule has 2 aromatic rings. The minimum Gasteiger partial charge on any atom is -0.378 e. The molecule has 0 aliphatic rings. The van der Waals surface area contributed by atoms with Crippen molar-refractivity contribution in [3.63, 3.8) is 0 Å². The Morgan fingerprint density at radius 3 is 2.50 bits per heavy atom. The lowest BCUT2D eigenvalue weighted by atomic mass is 10.2. The fraction of sp³-hybridized carbons (Fsp3) is 0.250. The summed E-state index contributed by atoms with van der Waals surface area (Å²) in [6.07, 6.45) is 0. The first-order valence-electron chi connectivity index (χ1n) is 5.16. The number of nitrogens with zero attached hydrogens (tertiary/aromatic N) is 1. The lowest BCUT2D eigenvalue weighted by Gasteiger charge is -2.06. The Morgan fingerprint density at radius 2 is 1.94 bits per heavy atom. The van der Waals surface area contributed by atoms with Gasteiger partial charge in [0.25, 0.3) is 0 Å².